The number of benzene rings is 1. The van der Waals surface area contributed by atoms with E-state index >= 15 is 0 Å². The normalized spacial score (nSPS) is 12.0. The molecule has 3 N–H and O–H groups in total. The third-order valence-electron chi connectivity index (χ3n) is 3.63. The molecule has 0 radical (unpaired) electrons. The minimum Gasteiger partial charge on any atom is -0.467 e. The molecule has 2 rings (SSSR count). The number of nitrogens with one attached hydrogen (secondary N) is 1. The van der Waals surface area contributed by atoms with E-state index in [1.807, 2.05) is 13.8 Å². The smallest absolute Gasteiger partial charge is 0.328 e. The van der Waals surface area contributed by atoms with Crippen LogP contribution in [0.1, 0.15) is 20.3 Å². The minimum absolute atomic E-state index is 0.00431. The third-order valence-corrected chi connectivity index (χ3v) is 4.57. The van der Waals surface area contributed by atoms with Gasteiger partial charge in [0.1, 0.15) is 11.9 Å². The summed E-state index contributed by atoms with van der Waals surface area (Å²) >= 11 is 1.08. The number of esters is 1. The lowest BCUT2D eigenvalue weighted by atomic mass is 10.0. The molecule has 0 unspecified atom stereocenters. The van der Waals surface area contributed by atoms with Gasteiger partial charge >= 0.3 is 5.97 Å². The standard InChI is InChI=1S/C17H22FN5O3S/c1-10(2)8-13(16(25)26-3)20-14(24)9-27-17-22-21-15(23(17)19)11-4-6-12(18)7-5-11/h4-7,10,13H,8-9,19H2,1-3H3,(H,20,24)/t13-/m1/s1. The maximum atomic E-state index is 13.0. The Kier molecular flexibility index (Phi) is 7.17. The summed E-state index contributed by atoms with van der Waals surface area (Å²) in [6.07, 6.45) is 0.477. The number of nitrogens with two attached hydrogens (primary N) is 1. The predicted molar refractivity (Wildman–Crippen MR) is 99.7 cm³/mol. The van der Waals surface area contributed by atoms with Crippen LogP contribution in [0.15, 0.2) is 29.4 Å². The van der Waals surface area contributed by atoms with Gasteiger partial charge in [-0.2, -0.15) is 0 Å². The maximum Gasteiger partial charge on any atom is 0.328 e. The molecule has 1 aromatic heterocycles. The van der Waals surface area contributed by atoms with Crippen molar-refractivity contribution in [2.45, 2.75) is 31.5 Å². The van der Waals surface area contributed by atoms with Crippen molar-refractivity contribution in [3.8, 4) is 11.4 Å². The molecule has 0 bridgehead atoms. The number of thioether (sulfide) groups is 1. The number of rotatable bonds is 8. The molecular formula is C17H22FN5O3S. The van der Waals surface area contributed by atoms with Crippen LogP contribution in [0.25, 0.3) is 11.4 Å². The highest BCUT2D eigenvalue weighted by atomic mass is 32.2. The molecule has 0 spiro atoms. The van der Waals surface area contributed by atoms with Crippen molar-refractivity contribution >= 4 is 23.6 Å². The zero-order chi connectivity index (χ0) is 20.0. The molecule has 10 heteroatoms. The monoisotopic (exact) mass is 395 g/mol. The second-order valence-corrected chi connectivity index (χ2v) is 7.19. The first-order chi connectivity index (χ1) is 12.8. The third kappa shape index (κ3) is 5.68. The first-order valence-corrected chi connectivity index (χ1v) is 9.26. The molecule has 0 fully saturated rings. The number of carbonyl (C=O) groups is 2. The number of halogens is 1. The maximum absolute atomic E-state index is 13.0. The van der Waals surface area contributed by atoms with E-state index in [4.69, 9.17) is 10.6 Å². The Morgan fingerprint density at radius 3 is 2.56 bits per heavy atom. The summed E-state index contributed by atoms with van der Waals surface area (Å²) in [5.41, 5.74) is 0.602. The summed E-state index contributed by atoms with van der Waals surface area (Å²) in [7, 11) is 1.28. The van der Waals surface area contributed by atoms with E-state index in [1.165, 1.54) is 36.1 Å². The van der Waals surface area contributed by atoms with Crippen LogP contribution >= 0.6 is 11.8 Å². The Morgan fingerprint density at radius 1 is 1.30 bits per heavy atom. The van der Waals surface area contributed by atoms with Crippen LogP contribution in [0.3, 0.4) is 0 Å². The van der Waals surface area contributed by atoms with Crippen LogP contribution in [-0.4, -0.2) is 45.7 Å². The Labute approximate surface area is 160 Å². The molecule has 0 saturated carbocycles. The molecule has 1 heterocycles. The lowest BCUT2D eigenvalue weighted by molar-refractivity contribution is -0.145. The average molecular weight is 395 g/mol. The largest absolute Gasteiger partial charge is 0.467 e. The first kappa shape index (κ1) is 20.7. The Hall–Kier alpha value is -2.62. The number of nitrogens with zero attached hydrogens (tertiary/aromatic N) is 3. The van der Waals surface area contributed by atoms with Crippen LogP contribution in [-0.2, 0) is 14.3 Å². The van der Waals surface area contributed by atoms with Gasteiger partial charge in [0.15, 0.2) is 5.82 Å². The van der Waals surface area contributed by atoms with Crippen molar-refractivity contribution in [3.05, 3.63) is 30.1 Å². The summed E-state index contributed by atoms with van der Waals surface area (Å²) in [6, 6.07) is 4.97. The summed E-state index contributed by atoms with van der Waals surface area (Å²) < 4.78 is 19.0. The summed E-state index contributed by atoms with van der Waals surface area (Å²) in [5, 5.41) is 10.9. The van der Waals surface area contributed by atoms with Crippen molar-refractivity contribution < 1.29 is 18.7 Å². The van der Waals surface area contributed by atoms with Crippen molar-refractivity contribution in [2.75, 3.05) is 18.7 Å². The fraction of sp³-hybridized carbons (Fsp3) is 0.412. The molecular weight excluding hydrogens is 373 g/mol. The topological polar surface area (TPSA) is 112 Å². The van der Waals surface area contributed by atoms with E-state index in [0.717, 1.165) is 11.8 Å². The van der Waals surface area contributed by atoms with Gasteiger partial charge in [-0.1, -0.05) is 25.6 Å². The fourth-order valence-electron chi connectivity index (χ4n) is 2.37. The van der Waals surface area contributed by atoms with Crippen molar-refractivity contribution in [2.24, 2.45) is 5.92 Å². The molecule has 2 aromatic rings. The number of carbonyl (C=O) groups excluding carboxylic acids is 2. The molecule has 0 saturated heterocycles. The molecule has 146 valence electrons. The molecule has 1 amide bonds. The number of aromatic nitrogens is 3. The molecule has 0 aliphatic rings. The van der Waals surface area contributed by atoms with Gasteiger partial charge in [-0.3, -0.25) is 4.79 Å². The van der Waals surface area contributed by atoms with Crippen molar-refractivity contribution in [1.82, 2.24) is 20.2 Å². The zero-order valence-electron chi connectivity index (χ0n) is 15.3. The van der Waals surface area contributed by atoms with E-state index < -0.39 is 12.0 Å². The molecule has 0 aliphatic carbocycles. The van der Waals surface area contributed by atoms with Crippen LogP contribution in [0.4, 0.5) is 4.39 Å². The number of hydrogen-bond donors (Lipinski definition) is 2. The van der Waals surface area contributed by atoms with Crippen molar-refractivity contribution in [1.29, 1.82) is 0 Å². The summed E-state index contributed by atoms with van der Waals surface area (Å²) in [5.74, 6) is 5.34. The van der Waals surface area contributed by atoms with Gasteiger partial charge in [0.2, 0.25) is 11.1 Å². The number of ether oxygens (including phenoxy) is 1. The SMILES string of the molecule is COC(=O)[C@@H](CC(C)C)NC(=O)CSc1nnc(-c2ccc(F)cc2)n1N. The van der Waals surface area contributed by atoms with Crippen LogP contribution in [0.2, 0.25) is 0 Å². The predicted octanol–water partition coefficient (Wildman–Crippen LogP) is 1.59. The van der Waals surface area contributed by atoms with Crippen molar-refractivity contribution in [3.63, 3.8) is 0 Å². The highest BCUT2D eigenvalue weighted by Crippen LogP contribution is 2.21. The fourth-order valence-corrected chi connectivity index (χ4v) is 3.03. The van der Waals surface area contributed by atoms with Gasteiger partial charge in [-0.15, -0.1) is 10.2 Å². The van der Waals surface area contributed by atoms with Gasteiger partial charge in [0, 0.05) is 5.56 Å². The van der Waals surface area contributed by atoms with E-state index in [0.29, 0.717) is 23.0 Å². The van der Waals surface area contributed by atoms with E-state index in [2.05, 4.69) is 15.5 Å². The van der Waals surface area contributed by atoms with Gasteiger partial charge in [0.25, 0.3) is 0 Å². The molecule has 0 aliphatic heterocycles. The first-order valence-electron chi connectivity index (χ1n) is 8.28. The number of nitrogen functional groups attached to an aromatic ring is 1. The van der Waals surface area contributed by atoms with E-state index in [-0.39, 0.29) is 23.4 Å². The van der Waals surface area contributed by atoms with Crippen LogP contribution in [0, 0.1) is 11.7 Å². The highest BCUT2D eigenvalue weighted by molar-refractivity contribution is 7.99. The summed E-state index contributed by atoms with van der Waals surface area (Å²) in [4.78, 5) is 24.0. The number of amides is 1. The Morgan fingerprint density at radius 2 is 1.96 bits per heavy atom. The molecule has 8 nitrogen and oxygen atoms in total. The quantitative estimate of drug-likeness (QED) is 0.396. The van der Waals surface area contributed by atoms with Gasteiger partial charge in [0.05, 0.1) is 12.9 Å². The average Bonchev–Trinajstić information content (AvgIpc) is 2.99. The van der Waals surface area contributed by atoms with Crippen LogP contribution in [0.5, 0.6) is 0 Å². The molecule has 27 heavy (non-hydrogen) atoms. The number of hydrogen-bond acceptors (Lipinski definition) is 7. The van der Waals surface area contributed by atoms with Gasteiger partial charge in [-0.25, -0.2) is 13.9 Å². The van der Waals surface area contributed by atoms with Crippen LogP contribution < -0.4 is 11.2 Å². The number of methoxy groups -OCH3 is 1. The minimum atomic E-state index is -0.700. The Balaban J connectivity index is 1.98. The molecule has 1 aromatic carbocycles. The molecule has 1 atom stereocenters. The lowest BCUT2D eigenvalue weighted by Crippen LogP contribution is -2.43. The van der Waals surface area contributed by atoms with Gasteiger partial charge < -0.3 is 15.9 Å². The second-order valence-electron chi connectivity index (χ2n) is 6.24. The van der Waals surface area contributed by atoms with E-state index in [1.54, 1.807) is 0 Å². The Bertz CT molecular complexity index is 794. The summed E-state index contributed by atoms with van der Waals surface area (Å²) in [6.45, 7) is 3.90. The highest BCUT2D eigenvalue weighted by Gasteiger charge is 2.23. The van der Waals surface area contributed by atoms with Gasteiger partial charge in [-0.05, 0) is 36.6 Å². The van der Waals surface area contributed by atoms with E-state index in [9.17, 15) is 14.0 Å². The lowest BCUT2D eigenvalue weighted by Gasteiger charge is -2.18. The zero-order valence-corrected chi connectivity index (χ0v) is 16.1. The second kappa shape index (κ2) is 9.36.